The van der Waals surface area contributed by atoms with E-state index in [2.05, 4.69) is 21.4 Å². The van der Waals surface area contributed by atoms with Gasteiger partial charge in [0.05, 0.1) is 6.04 Å². The fourth-order valence-electron chi connectivity index (χ4n) is 1.97. The van der Waals surface area contributed by atoms with Crippen LogP contribution in [0.3, 0.4) is 0 Å². The minimum absolute atomic E-state index is 0.263. The quantitative estimate of drug-likeness (QED) is 0.635. The Balaban J connectivity index is 2.30. The van der Waals surface area contributed by atoms with Gasteiger partial charge < -0.3 is 0 Å². The highest BCUT2D eigenvalue weighted by atomic mass is 79.9. The molecule has 0 spiro atoms. The highest BCUT2D eigenvalue weighted by molar-refractivity contribution is 9.10. The second-order valence-electron chi connectivity index (χ2n) is 4.36. The number of nitrogens with two attached hydrogens (primary N) is 1. The third-order valence-corrected chi connectivity index (χ3v) is 3.61. The van der Waals surface area contributed by atoms with Crippen LogP contribution in [0.1, 0.15) is 17.2 Å². The molecular weight excluding hydrogens is 350 g/mol. The van der Waals surface area contributed by atoms with Crippen molar-refractivity contribution in [1.82, 2.24) is 5.43 Å². The van der Waals surface area contributed by atoms with Crippen LogP contribution in [0, 0.1) is 11.6 Å². The Bertz CT molecular complexity index is 602. The average molecular weight is 362 g/mol. The first-order chi connectivity index (χ1) is 9.49. The number of hydrogen-bond acceptors (Lipinski definition) is 2. The van der Waals surface area contributed by atoms with E-state index in [4.69, 9.17) is 17.4 Å². The van der Waals surface area contributed by atoms with Crippen molar-refractivity contribution in [1.29, 1.82) is 0 Å². The molecule has 0 amide bonds. The van der Waals surface area contributed by atoms with Crippen LogP contribution in [0.2, 0.25) is 5.02 Å². The van der Waals surface area contributed by atoms with E-state index in [1.165, 1.54) is 30.3 Å². The predicted octanol–water partition coefficient (Wildman–Crippen LogP) is 4.13. The molecule has 0 aliphatic heterocycles. The molecule has 2 aromatic carbocycles. The van der Waals surface area contributed by atoms with Crippen LogP contribution >= 0.6 is 27.5 Å². The molecule has 20 heavy (non-hydrogen) atoms. The van der Waals surface area contributed by atoms with Gasteiger partial charge >= 0.3 is 0 Å². The molecule has 0 bridgehead atoms. The van der Waals surface area contributed by atoms with Gasteiger partial charge in [-0.1, -0.05) is 27.5 Å². The Morgan fingerprint density at radius 3 is 2.60 bits per heavy atom. The maximum atomic E-state index is 13.7. The molecule has 1 atom stereocenters. The van der Waals surface area contributed by atoms with Crippen LogP contribution in [0.15, 0.2) is 40.9 Å². The van der Waals surface area contributed by atoms with Crippen molar-refractivity contribution in [3.8, 4) is 0 Å². The van der Waals surface area contributed by atoms with Gasteiger partial charge in [-0.05, 0) is 53.9 Å². The molecule has 0 aliphatic rings. The summed E-state index contributed by atoms with van der Waals surface area (Å²) in [7, 11) is 0. The maximum Gasteiger partial charge on any atom is 0.126 e. The third kappa shape index (κ3) is 3.76. The highest BCUT2D eigenvalue weighted by Gasteiger charge is 2.15. The van der Waals surface area contributed by atoms with Gasteiger partial charge in [-0.25, -0.2) is 8.78 Å². The molecule has 2 nitrogen and oxygen atoms in total. The van der Waals surface area contributed by atoms with Crippen LogP contribution in [-0.4, -0.2) is 0 Å². The predicted molar refractivity (Wildman–Crippen MR) is 79.3 cm³/mol. The zero-order valence-corrected chi connectivity index (χ0v) is 12.7. The summed E-state index contributed by atoms with van der Waals surface area (Å²) < 4.78 is 27.7. The number of benzene rings is 2. The van der Waals surface area contributed by atoms with Gasteiger partial charge in [-0.3, -0.25) is 11.3 Å². The summed E-state index contributed by atoms with van der Waals surface area (Å²) in [5.41, 5.74) is 3.61. The average Bonchev–Trinajstić information content (AvgIpc) is 2.38. The summed E-state index contributed by atoms with van der Waals surface area (Å²) in [4.78, 5) is 0. The lowest BCUT2D eigenvalue weighted by atomic mass is 9.99. The van der Waals surface area contributed by atoms with Crippen molar-refractivity contribution in [3.63, 3.8) is 0 Å². The molecule has 0 fully saturated rings. The summed E-state index contributed by atoms with van der Waals surface area (Å²) in [5, 5.41) is 0.442. The molecule has 2 rings (SSSR count). The standard InChI is InChI=1S/C14H12BrClF2N2/c15-10-3-9(5-12(17)7-10)14(20-19)6-8-4-11(16)1-2-13(8)18/h1-5,7,14,20H,6,19H2. The third-order valence-electron chi connectivity index (χ3n) is 2.92. The lowest BCUT2D eigenvalue weighted by Gasteiger charge is -2.17. The van der Waals surface area contributed by atoms with Crippen molar-refractivity contribution in [2.75, 3.05) is 0 Å². The molecule has 0 saturated heterocycles. The van der Waals surface area contributed by atoms with E-state index in [1.807, 2.05) is 0 Å². The summed E-state index contributed by atoms with van der Waals surface area (Å²) in [6.45, 7) is 0. The Hall–Kier alpha value is -1.01. The Morgan fingerprint density at radius 2 is 1.95 bits per heavy atom. The van der Waals surface area contributed by atoms with Crippen LogP contribution < -0.4 is 11.3 Å². The van der Waals surface area contributed by atoms with E-state index in [0.717, 1.165) is 0 Å². The number of rotatable bonds is 4. The lowest BCUT2D eigenvalue weighted by molar-refractivity contribution is 0.524. The summed E-state index contributed by atoms with van der Waals surface area (Å²) >= 11 is 9.07. The van der Waals surface area contributed by atoms with Crippen LogP contribution in [0.25, 0.3) is 0 Å². The van der Waals surface area contributed by atoms with Crippen molar-refractivity contribution in [3.05, 3.63) is 68.7 Å². The maximum absolute atomic E-state index is 13.7. The van der Waals surface area contributed by atoms with E-state index >= 15 is 0 Å². The van der Waals surface area contributed by atoms with Crippen LogP contribution in [0.5, 0.6) is 0 Å². The van der Waals surface area contributed by atoms with Gasteiger partial charge in [-0.2, -0.15) is 0 Å². The van der Waals surface area contributed by atoms with E-state index < -0.39 is 6.04 Å². The van der Waals surface area contributed by atoms with Gasteiger partial charge in [0.1, 0.15) is 11.6 Å². The van der Waals surface area contributed by atoms with Gasteiger partial charge in [0.25, 0.3) is 0 Å². The highest BCUT2D eigenvalue weighted by Crippen LogP contribution is 2.25. The fourth-order valence-corrected chi connectivity index (χ4v) is 2.65. The second kappa shape index (κ2) is 6.63. The Labute approximate surface area is 129 Å². The number of hydrazine groups is 1. The normalized spacial score (nSPS) is 12.4. The largest absolute Gasteiger partial charge is 0.271 e. The summed E-state index contributed by atoms with van der Waals surface area (Å²) in [6, 6.07) is 8.33. The number of hydrogen-bond donors (Lipinski definition) is 2. The van der Waals surface area contributed by atoms with Crippen molar-refractivity contribution in [2.24, 2.45) is 5.84 Å². The first-order valence-electron chi connectivity index (χ1n) is 5.85. The molecule has 0 radical (unpaired) electrons. The van der Waals surface area contributed by atoms with Gasteiger partial charge in [0.15, 0.2) is 0 Å². The van der Waals surface area contributed by atoms with Crippen LogP contribution in [-0.2, 0) is 6.42 Å². The van der Waals surface area contributed by atoms with Gasteiger partial charge in [0, 0.05) is 9.50 Å². The number of nitrogens with one attached hydrogen (secondary N) is 1. The second-order valence-corrected chi connectivity index (χ2v) is 5.71. The lowest BCUT2D eigenvalue weighted by Crippen LogP contribution is -2.30. The molecule has 0 aromatic heterocycles. The molecule has 0 saturated carbocycles. The van der Waals surface area contributed by atoms with E-state index in [1.54, 1.807) is 6.07 Å². The van der Waals surface area contributed by atoms with Gasteiger partial charge in [-0.15, -0.1) is 0 Å². The molecule has 3 N–H and O–H groups in total. The van der Waals surface area contributed by atoms with E-state index in [0.29, 0.717) is 20.6 Å². The molecule has 0 heterocycles. The van der Waals surface area contributed by atoms with Crippen LogP contribution in [0.4, 0.5) is 8.78 Å². The zero-order chi connectivity index (χ0) is 14.7. The fraction of sp³-hybridized carbons (Fsp3) is 0.143. The molecule has 0 aliphatic carbocycles. The summed E-state index contributed by atoms with van der Waals surface area (Å²) in [5.74, 6) is 4.74. The minimum Gasteiger partial charge on any atom is -0.271 e. The molecule has 106 valence electrons. The van der Waals surface area contributed by atoms with E-state index in [-0.39, 0.29) is 18.1 Å². The minimum atomic E-state index is -0.421. The molecule has 1 unspecified atom stereocenters. The topological polar surface area (TPSA) is 38.0 Å². The smallest absolute Gasteiger partial charge is 0.126 e. The molecular formula is C14H12BrClF2N2. The molecule has 2 aromatic rings. The Morgan fingerprint density at radius 1 is 1.20 bits per heavy atom. The van der Waals surface area contributed by atoms with E-state index in [9.17, 15) is 8.78 Å². The monoisotopic (exact) mass is 360 g/mol. The van der Waals surface area contributed by atoms with Crippen molar-refractivity contribution >= 4 is 27.5 Å². The first-order valence-corrected chi connectivity index (χ1v) is 7.02. The Kier molecular flexibility index (Phi) is 5.10. The van der Waals surface area contributed by atoms with Gasteiger partial charge in [0.2, 0.25) is 0 Å². The SMILES string of the molecule is NNC(Cc1cc(Cl)ccc1F)c1cc(F)cc(Br)c1. The number of halogens is 4. The summed E-state index contributed by atoms with van der Waals surface area (Å²) in [6.07, 6.45) is 0.263. The first kappa shape index (κ1) is 15.4. The van der Waals surface area contributed by atoms with Crippen molar-refractivity contribution in [2.45, 2.75) is 12.5 Å². The molecule has 6 heteroatoms. The van der Waals surface area contributed by atoms with Crippen molar-refractivity contribution < 1.29 is 8.78 Å². The zero-order valence-electron chi connectivity index (χ0n) is 10.3.